The van der Waals surface area contributed by atoms with E-state index in [0.29, 0.717) is 37.3 Å². The quantitative estimate of drug-likeness (QED) is 0.784. The van der Waals surface area contributed by atoms with Crippen molar-refractivity contribution in [1.82, 2.24) is 15.1 Å². The molecule has 1 N–H and O–H groups in total. The summed E-state index contributed by atoms with van der Waals surface area (Å²) in [5.41, 5.74) is 0.840. The van der Waals surface area contributed by atoms with Gasteiger partial charge < -0.3 is 15.1 Å². The summed E-state index contributed by atoms with van der Waals surface area (Å²) in [5, 5.41) is 2.65. The molecule has 0 unspecified atom stereocenters. The number of hydrogen-bond donors (Lipinski definition) is 1. The highest BCUT2D eigenvalue weighted by atomic mass is 32.2. The van der Waals surface area contributed by atoms with Crippen molar-refractivity contribution in [3.8, 4) is 0 Å². The molecule has 8 nitrogen and oxygen atoms in total. The Morgan fingerprint density at radius 1 is 1.07 bits per heavy atom. The maximum absolute atomic E-state index is 12.4. The Morgan fingerprint density at radius 3 is 2.52 bits per heavy atom. The van der Waals surface area contributed by atoms with Crippen LogP contribution in [0, 0.1) is 0 Å². The Labute approximate surface area is 160 Å². The molecular formula is C18H26N4O4S. The minimum absolute atomic E-state index is 0.0607. The molecule has 3 rings (SSSR count). The second-order valence-corrected chi connectivity index (χ2v) is 9.03. The van der Waals surface area contributed by atoms with Crippen molar-refractivity contribution < 1.29 is 18.0 Å². The number of nitrogens with one attached hydrogen (secondary N) is 1. The molecule has 0 atom stereocenters. The van der Waals surface area contributed by atoms with Crippen molar-refractivity contribution in [3.05, 3.63) is 29.8 Å². The average molecular weight is 394 g/mol. The summed E-state index contributed by atoms with van der Waals surface area (Å²) in [6, 6.07) is 6.54. The van der Waals surface area contributed by atoms with E-state index in [4.69, 9.17) is 0 Å². The highest BCUT2D eigenvalue weighted by Crippen LogP contribution is 2.24. The van der Waals surface area contributed by atoms with E-state index in [2.05, 4.69) is 10.2 Å². The zero-order valence-corrected chi connectivity index (χ0v) is 16.4. The smallest absolute Gasteiger partial charge is 0.251 e. The summed E-state index contributed by atoms with van der Waals surface area (Å²) >= 11 is 0. The Hall–Kier alpha value is -2.13. The van der Waals surface area contributed by atoms with Gasteiger partial charge in [-0.3, -0.25) is 13.9 Å². The fraction of sp³-hybridized carbons (Fsp3) is 0.556. The number of piperazine rings is 1. The standard InChI is InChI=1S/C18H26N4O4S/c1-20-8-10-21(11-9-20)17(23)14-19-18(24)15-5-4-6-16(13-15)22-7-2-3-12-27(22,25)26/h4-6,13H,2-3,7-12,14H2,1H3,(H,19,24). The Balaban J connectivity index is 1.61. The molecule has 0 aromatic heterocycles. The van der Waals surface area contributed by atoms with E-state index < -0.39 is 10.0 Å². The number of anilines is 1. The maximum atomic E-state index is 12.4. The lowest BCUT2D eigenvalue weighted by Gasteiger charge is -2.32. The SMILES string of the molecule is CN1CCN(C(=O)CNC(=O)c2cccc(N3CCCCS3(=O)=O)c2)CC1. The van der Waals surface area contributed by atoms with Gasteiger partial charge in [-0.15, -0.1) is 0 Å². The number of rotatable bonds is 4. The molecule has 2 aliphatic heterocycles. The van der Waals surface area contributed by atoms with Crippen LogP contribution in [-0.4, -0.2) is 82.1 Å². The minimum Gasteiger partial charge on any atom is -0.343 e. The van der Waals surface area contributed by atoms with Crippen LogP contribution < -0.4 is 9.62 Å². The van der Waals surface area contributed by atoms with Gasteiger partial charge in [0, 0.05) is 38.3 Å². The van der Waals surface area contributed by atoms with Crippen LogP contribution in [0.15, 0.2) is 24.3 Å². The van der Waals surface area contributed by atoms with Gasteiger partial charge in [-0.25, -0.2) is 8.42 Å². The second-order valence-electron chi connectivity index (χ2n) is 7.01. The number of carbonyl (C=O) groups excluding carboxylic acids is 2. The van der Waals surface area contributed by atoms with Crippen LogP contribution in [-0.2, 0) is 14.8 Å². The predicted octanol–water partition coefficient (Wildman–Crippen LogP) is 0.120. The molecule has 0 aliphatic carbocycles. The van der Waals surface area contributed by atoms with Gasteiger partial charge in [0.2, 0.25) is 15.9 Å². The molecule has 1 aromatic carbocycles. The monoisotopic (exact) mass is 394 g/mol. The number of likely N-dealkylation sites (N-methyl/N-ethyl adjacent to an activating group) is 1. The van der Waals surface area contributed by atoms with Crippen LogP contribution in [0.4, 0.5) is 5.69 Å². The lowest BCUT2D eigenvalue weighted by Crippen LogP contribution is -2.50. The summed E-state index contributed by atoms with van der Waals surface area (Å²) in [7, 11) is -1.31. The van der Waals surface area contributed by atoms with Gasteiger partial charge in [-0.1, -0.05) is 6.07 Å². The number of carbonyl (C=O) groups is 2. The summed E-state index contributed by atoms with van der Waals surface area (Å²) < 4.78 is 25.9. The minimum atomic E-state index is -3.33. The van der Waals surface area contributed by atoms with Gasteiger partial charge in [-0.2, -0.15) is 0 Å². The molecule has 1 aromatic rings. The van der Waals surface area contributed by atoms with Crippen LogP contribution in [0.25, 0.3) is 0 Å². The fourth-order valence-corrected chi connectivity index (χ4v) is 4.94. The molecule has 2 fully saturated rings. The van der Waals surface area contributed by atoms with Gasteiger partial charge in [-0.05, 0) is 38.1 Å². The van der Waals surface area contributed by atoms with Crippen molar-refractivity contribution in [1.29, 1.82) is 0 Å². The third kappa shape index (κ3) is 4.78. The lowest BCUT2D eigenvalue weighted by molar-refractivity contribution is -0.131. The summed E-state index contributed by atoms with van der Waals surface area (Å²) in [5.74, 6) is -0.358. The van der Waals surface area contributed by atoms with Gasteiger partial charge in [0.15, 0.2) is 0 Å². The van der Waals surface area contributed by atoms with Crippen molar-refractivity contribution in [2.75, 3.05) is 56.4 Å². The summed E-state index contributed by atoms with van der Waals surface area (Å²) in [4.78, 5) is 28.6. The van der Waals surface area contributed by atoms with Gasteiger partial charge in [0.1, 0.15) is 0 Å². The normalized spacial score (nSPS) is 20.3. The molecule has 27 heavy (non-hydrogen) atoms. The number of sulfonamides is 1. The Kier molecular flexibility index (Phi) is 6.01. The number of hydrogen-bond acceptors (Lipinski definition) is 5. The predicted molar refractivity (Wildman–Crippen MR) is 103 cm³/mol. The number of nitrogens with zero attached hydrogens (tertiary/aromatic N) is 3. The van der Waals surface area contributed by atoms with E-state index in [1.807, 2.05) is 7.05 Å². The maximum Gasteiger partial charge on any atom is 0.251 e. The molecule has 148 valence electrons. The Bertz CT molecular complexity index is 803. The van der Waals surface area contributed by atoms with E-state index in [1.54, 1.807) is 29.2 Å². The van der Waals surface area contributed by atoms with Gasteiger partial charge in [0.25, 0.3) is 5.91 Å². The number of amides is 2. The first-order chi connectivity index (χ1) is 12.9. The molecule has 0 bridgehead atoms. The van der Waals surface area contributed by atoms with Gasteiger partial charge in [0.05, 0.1) is 18.0 Å². The molecule has 0 radical (unpaired) electrons. The fourth-order valence-electron chi connectivity index (χ4n) is 3.31. The largest absolute Gasteiger partial charge is 0.343 e. The van der Waals surface area contributed by atoms with Crippen LogP contribution in [0.1, 0.15) is 23.2 Å². The summed E-state index contributed by atoms with van der Waals surface area (Å²) in [6.45, 7) is 3.34. The van der Waals surface area contributed by atoms with E-state index in [9.17, 15) is 18.0 Å². The van der Waals surface area contributed by atoms with Gasteiger partial charge >= 0.3 is 0 Å². The first kappa shape index (κ1) is 19.6. The highest BCUT2D eigenvalue weighted by Gasteiger charge is 2.26. The van der Waals surface area contributed by atoms with E-state index >= 15 is 0 Å². The topological polar surface area (TPSA) is 90.0 Å². The molecule has 0 saturated carbocycles. The molecule has 9 heteroatoms. The van der Waals surface area contributed by atoms with E-state index in [1.165, 1.54) is 4.31 Å². The zero-order valence-electron chi connectivity index (χ0n) is 15.6. The zero-order chi connectivity index (χ0) is 19.4. The first-order valence-electron chi connectivity index (χ1n) is 9.22. The van der Waals surface area contributed by atoms with Crippen molar-refractivity contribution in [2.45, 2.75) is 12.8 Å². The van der Waals surface area contributed by atoms with Crippen LogP contribution in [0.5, 0.6) is 0 Å². The molecular weight excluding hydrogens is 368 g/mol. The van der Waals surface area contributed by atoms with Crippen molar-refractivity contribution >= 4 is 27.5 Å². The molecule has 2 aliphatic rings. The lowest BCUT2D eigenvalue weighted by atomic mass is 10.2. The van der Waals surface area contributed by atoms with Crippen LogP contribution >= 0.6 is 0 Å². The number of benzene rings is 1. The van der Waals surface area contributed by atoms with Crippen LogP contribution in [0.3, 0.4) is 0 Å². The molecule has 2 heterocycles. The first-order valence-corrected chi connectivity index (χ1v) is 10.8. The van der Waals surface area contributed by atoms with Crippen LogP contribution in [0.2, 0.25) is 0 Å². The molecule has 2 saturated heterocycles. The summed E-state index contributed by atoms with van der Waals surface area (Å²) in [6.07, 6.45) is 1.46. The highest BCUT2D eigenvalue weighted by molar-refractivity contribution is 7.92. The second kappa shape index (κ2) is 8.26. The third-order valence-electron chi connectivity index (χ3n) is 5.00. The third-order valence-corrected chi connectivity index (χ3v) is 6.87. The van der Waals surface area contributed by atoms with Crippen molar-refractivity contribution in [3.63, 3.8) is 0 Å². The van der Waals surface area contributed by atoms with E-state index in [-0.39, 0.29) is 24.1 Å². The Morgan fingerprint density at radius 2 is 1.81 bits per heavy atom. The average Bonchev–Trinajstić information content (AvgIpc) is 2.66. The van der Waals surface area contributed by atoms with E-state index in [0.717, 1.165) is 19.5 Å². The molecule has 0 spiro atoms. The van der Waals surface area contributed by atoms with Crippen molar-refractivity contribution in [2.24, 2.45) is 0 Å². The molecule has 2 amide bonds.